The minimum atomic E-state index is 0.630. The van der Waals surface area contributed by atoms with Crippen molar-refractivity contribution in [3.8, 4) is 11.1 Å². The van der Waals surface area contributed by atoms with E-state index in [2.05, 4.69) is 0 Å². The summed E-state index contributed by atoms with van der Waals surface area (Å²) in [6.45, 7) is 0. The standard InChI is InChI=1S/C11H10N2OS/c12-7-1-2-10(13)9(5-7)8-3-4-15-11(8)6-14/h1-6H,12-13H2. The number of benzene rings is 1. The van der Waals surface area contributed by atoms with E-state index in [0.717, 1.165) is 17.4 Å². The summed E-state index contributed by atoms with van der Waals surface area (Å²) in [7, 11) is 0. The number of anilines is 2. The first-order valence-corrected chi connectivity index (χ1v) is 5.28. The van der Waals surface area contributed by atoms with Gasteiger partial charge in [0, 0.05) is 22.5 Å². The first-order chi connectivity index (χ1) is 7.22. The molecule has 2 rings (SSSR count). The molecule has 1 aromatic carbocycles. The minimum Gasteiger partial charge on any atom is -0.399 e. The van der Waals surface area contributed by atoms with Crippen LogP contribution in [0, 0.1) is 0 Å². The zero-order chi connectivity index (χ0) is 10.8. The van der Waals surface area contributed by atoms with Gasteiger partial charge in [-0.1, -0.05) is 0 Å². The molecule has 15 heavy (non-hydrogen) atoms. The van der Waals surface area contributed by atoms with Crippen LogP contribution in [0.1, 0.15) is 9.67 Å². The van der Waals surface area contributed by atoms with E-state index in [0.29, 0.717) is 16.3 Å². The molecule has 0 unspecified atom stereocenters. The third kappa shape index (κ3) is 1.71. The van der Waals surface area contributed by atoms with Crippen molar-refractivity contribution in [2.75, 3.05) is 11.5 Å². The first-order valence-electron chi connectivity index (χ1n) is 4.40. The number of hydrogen-bond acceptors (Lipinski definition) is 4. The number of carbonyl (C=O) groups is 1. The summed E-state index contributed by atoms with van der Waals surface area (Å²) in [5.41, 5.74) is 14.5. The fraction of sp³-hybridized carbons (Fsp3) is 0. The molecule has 0 aliphatic rings. The van der Waals surface area contributed by atoms with E-state index in [1.165, 1.54) is 11.3 Å². The van der Waals surface area contributed by atoms with Crippen molar-refractivity contribution >= 4 is 29.0 Å². The zero-order valence-corrected chi connectivity index (χ0v) is 8.75. The minimum absolute atomic E-state index is 0.630. The van der Waals surface area contributed by atoms with Gasteiger partial charge in [-0.25, -0.2) is 0 Å². The van der Waals surface area contributed by atoms with Crippen molar-refractivity contribution < 1.29 is 4.79 Å². The summed E-state index contributed by atoms with van der Waals surface area (Å²) < 4.78 is 0. The Bertz CT molecular complexity index is 505. The number of thiophene rings is 1. The molecule has 0 fully saturated rings. The molecule has 2 aromatic rings. The smallest absolute Gasteiger partial charge is 0.160 e. The second kappa shape index (κ2) is 3.74. The van der Waals surface area contributed by atoms with E-state index in [-0.39, 0.29) is 0 Å². The normalized spacial score (nSPS) is 10.1. The van der Waals surface area contributed by atoms with E-state index in [1.807, 2.05) is 11.4 Å². The van der Waals surface area contributed by atoms with E-state index in [1.54, 1.807) is 18.2 Å². The van der Waals surface area contributed by atoms with Crippen LogP contribution < -0.4 is 11.5 Å². The average molecular weight is 218 g/mol. The van der Waals surface area contributed by atoms with Crippen LogP contribution in [-0.4, -0.2) is 6.29 Å². The summed E-state index contributed by atoms with van der Waals surface area (Å²) in [5, 5.41) is 1.86. The SMILES string of the molecule is Nc1ccc(N)c(-c2ccsc2C=O)c1. The zero-order valence-electron chi connectivity index (χ0n) is 7.94. The van der Waals surface area contributed by atoms with Gasteiger partial charge in [-0.3, -0.25) is 4.79 Å². The summed E-state index contributed by atoms with van der Waals surface area (Å²) >= 11 is 1.39. The maximum Gasteiger partial charge on any atom is 0.160 e. The lowest BCUT2D eigenvalue weighted by Crippen LogP contribution is -1.93. The van der Waals surface area contributed by atoms with Crippen LogP contribution in [-0.2, 0) is 0 Å². The second-order valence-electron chi connectivity index (χ2n) is 3.16. The fourth-order valence-electron chi connectivity index (χ4n) is 1.44. The lowest BCUT2D eigenvalue weighted by atomic mass is 10.0. The second-order valence-corrected chi connectivity index (χ2v) is 4.11. The Hall–Kier alpha value is -1.81. The Kier molecular flexibility index (Phi) is 2.43. The van der Waals surface area contributed by atoms with Crippen LogP contribution in [0.3, 0.4) is 0 Å². The van der Waals surface area contributed by atoms with Gasteiger partial charge in [0.25, 0.3) is 0 Å². The summed E-state index contributed by atoms with van der Waals surface area (Å²) in [6.07, 6.45) is 0.836. The van der Waals surface area contributed by atoms with Crippen molar-refractivity contribution in [3.63, 3.8) is 0 Å². The van der Waals surface area contributed by atoms with E-state index in [9.17, 15) is 4.79 Å². The molecule has 3 nitrogen and oxygen atoms in total. The predicted molar refractivity (Wildman–Crippen MR) is 64.0 cm³/mol. The number of aldehydes is 1. The maximum absolute atomic E-state index is 10.8. The van der Waals surface area contributed by atoms with Gasteiger partial charge in [-0.05, 0) is 29.6 Å². The molecule has 1 aromatic heterocycles. The lowest BCUT2D eigenvalue weighted by molar-refractivity contribution is 0.112. The first kappa shape index (κ1) is 9.73. The molecule has 0 saturated heterocycles. The van der Waals surface area contributed by atoms with Crippen molar-refractivity contribution in [1.29, 1.82) is 0 Å². The molecule has 0 spiro atoms. The van der Waals surface area contributed by atoms with Gasteiger partial charge in [0.2, 0.25) is 0 Å². The van der Waals surface area contributed by atoms with Crippen LogP contribution in [0.5, 0.6) is 0 Å². The van der Waals surface area contributed by atoms with Gasteiger partial charge >= 0.3 is 0 Å². The van der Waals surface area contributed by atoms with Gasteiger partial charge in [0.1, 0.15) is 0 Å². The Labute approximate surface area is 91.3 Å². The molecule has 0 radical (unpaired) electrons. The third-order valence-electron chi connectivity index (χ3n) is 2.17. The highest BCUT2D eigenvalue weighted by atomic mass is 32.1. The lowest BCUT2D eigenvalue weighted by Gasteiger charge is -2.05. The summed E-state index contributed by atoms with van der Waals surface area (Å²) in [5.74, 6) is 0. The molecule has 0 atom stereocenters. The van der Waals surface area contributed by atoms with Gasteiger partial charge in [-0.15, -0.1) is 11.3 Å². The highest BCUT2D eigenvalue weighted by molar-refractivity contribution is 7.12. The van der Waals surface area contributed by atoms with Crippen LogP contribution in [0.2, 0.25) is 0 Å². The fourth-order valence-corrected chi connectivity index (χ4v) is 2.15. The molecule has 0 aliphatic heterocycles. The van der Waals surface area contributed by atoms with Crippen molar-refractivity contribution in [3.05, 3.63) is 34.5 Å². The van der Waals surface area contributed by atoms with Crippen LogP contribution in [0.15, 0.2) is 29.6 Å². The Morgan fingerprint density at radius 2 is 1.93 bits per heavy atom. The van der Waals surface area contributed by atoms with E-state index < -0.39 is 0 Å². The van der Waals surface area contributed by atoms with Crippen LogP contribution >= 0.6 is 11.3 Å². The van der Waals surface area contributed by atoms with Crippen LogP contribution in [0.4, 0.5) is 11.4 Å². The highest BCUT2D eigenvalue weighted by Crippen LogP contribution is 2.32. The van der Waals surface area contributed by atoms with Gasteiger partial charge < -0.3 is 11.5 Å². The third-order valence-corrected chi connectivity index (χ3v) is 3.01. The number of nitrogen functional groups attached to an aromatic ring is 2. The van der Waals surface area contributed by atoms with Crippen molar-refractivity contribution in [2.45, 2.75) is 0 Å². The number of carbonyl (C=O) groups excluding carboxylic acids is 1. The number of rotatable bonds is 2. The topological polar surface area (TPSA) is 69.1 Å². The molecule has 0 amide bonds. The van der Waals surface area contributed by atoms with Gasteiger partial charge in [0.15, 0.2) is 6.29 Å². The molecule has 0 aliphatic carbocycles. The molecule has 4 N–H and O–H groups in total. The summed E-state index contributed by atoms with van der Waals surface area (Å²) in [4.78, 5) is 11.5. The summed E-state index contributed by atoms with van der Waals surface area (Å²) in [6, 6.07) is 7.15. The largest absolute Gasteiger partial charge is 0.399 e. The van der Waals surface area contributed by atoms with Crippen molar-refractivity contribution in [2.24, 2.45) is 0 Å². The maximum atomic E-state index is 10.8. The van der Waals surface area contributed by atoms with Crippen LogP contribution in [0.25, 0.3) is 11.1 Å². The number of hydrogen-bond donors (Lipinski definition) is 2. The van der Waals surface area contributed by atoms with Gasteiger partial charge in [0.05, 0.1) is 4.88 Å². The molecular formula is C11H10N2OS. The number of nitrogens with two attached hydrogens (primary N) is 2. The molecule has 4 heteroatoms. The van der Waals surface area contributed by atoms with Crippen molar-refractivity contribution in [1.82, 2.24) is 0 Å². The Balaban J connectivity index is 2.62. The molecule has 1 heterocycles. The molecule has 0 saturated carbocycles. The highest BCUT2D eigenvalue weighted by Gasteiger charge is 2.09. The van der Waals surface area contributed by atoms with E-state index >= 15 is 0 Å². The predicted octanol–water partition coefficient (Wildman–Crippen LogP) is 2.39. The monoisotopic (exact) mass is 218 g/mol. The Morgan fingerprint density at radius 3 is 2.67 bits per heavy atom. The average Bonchev–Trinajstić information content (AvgIpc) is 2.69. The quantitative estimate of drug-likeness (QED) is 0.600. The van der Waals surface area contributed by atoms with Gasteiger partial charge in [-0.2, -0.15) is 0 Å². The molecule has 76 valence electrons. The Morgan fingerprint density at radius 1 is 1.13 bits per heavy atom. The van der Waals surface area contributed by atoms with E-state index in [4.69, 9.17) is 11.5 Å². The molecule has 0 bridgehead atoms. The molecular weight excluding hydrogens is 208 g/mol.